The fraction of sp³-hybridized carbons (Fsp3) is 0.750. The summed E-state index contributed by atoms with van der Waals surface area (Å²) in [6.07, 6.45) is -18.1. The van der Waals surface area contributed by atoms with Gasteiger partial charge in [-0.05, 0) is 68.6 Å². The van der Waals surface area contributed by atoms with Crippen LogP contribution in [0.25, 0.3) is 0 Å². The van der Waals surface area contributed by atoms with Gasteiger partial charge in [0.2, 0.25) is 51.4 Å². The Hall–Kier alpha value is -5.09. The second-order valence-corrected chi connectivity index (χ2v) is 20.0. The predicted octanol–water partition coefficient (Wildman–Crippen LogP) is -3.31. The molecule has 0 aromatic heterocycles. The van der Waals surface area contributed by atoms with Gasteiger partial charge in [0.15, 0.2) is 7.06 Å². The zero-order chi connectivity index (χ0) is 76.5. The number of phenols is 1. The summed E-state index contributed by atoms with van der Waals surface area (Å²) in [5.74, 6) is -11.8. The van der Waals surface area contributed by atoms with Gasteiger partial charge >= 0.3 is 0 Å². The van der Waals surface area contributed by atoms with Crippen molar-refractivity contribution in [2.75, 3.05) is 32.6 Å². The van der Waals surface area contributed by atoms with E-state index in [9.17, 15) is 13.3 Å². The van der Waals surface area contributed by atoms with Crippen LogP contribution in [0, 0.1) is 11.8 Å². The number of unbranched alkanes of at least 4 members (excludes halogenated alkanes) is 5. The molecule has 25 heteroatoms. The number of amides is 7. The molecular formula is C52H88N10O15. The second-order valence-electron chi connectivity index (χ2n) is 20.0. The van der Waals surface area contributed by atoms with E-state index in [-0.39, 0.29) is 38.6 Å². The van der Waals surface area contributed by atoms with Gasteiger partial charge in [-0.1, -0.05) is 77.8 Å². The van der Waals surface area contributed by atoms with E-state index in [1.54, 1.807) is 0 Å². The molecule has 7 amide bonds. The summed E-state index contributed by atoms with van der Waals surface area (Å²) in [7, 11) is 0. The van der Waals surface area contributed by atoms with E-state index in [2.05, 4.69) is 25.9 Å². The number of hydrogen-bond donors (Lipinski definition) is 16. The molecule has 0 spiro atoms. The molecule has 0 aliphatic carbocycles. The molecule has 3 fully saturated rings. The Bertz CT molecular complexity index is 2860. The van der Waals surface area contributed by atoms with Crippen molar-refractivity contribution in [3.8, 4) is 5.75 Å². The van der Waals surface area contributed by atoms with Crippen molar-refractivity contribution in [3.63, 3.8) is 0 Å². The monoisotopic (exact) mass is 1120 g/mol. The van der Waals surface area contributed by atoms with Crippen LogP contribution in [0.15, 0.2) is 24.3 Å². The zero-order valence-electron chi connectivity index (χ0n) is 67.5. The molecule has 4 rings (SSSR count). The molecule has 18 N–H and O–H groups in total. The maximum absolute atomic E-state index is 15.7. The largest absolute Gasteiger partial charge is 0.508 e. The average molecular weight is 1120 g/mol. The fourth-order valence-corrected chi connectivity index (χ4v) is 9.45. The van der Waals surface area contributed by atoms with Crippen molar-refractivity contribution in [1.82, 2.24) is 41.7 Å². The van der Waals surface area contributed by atoms with E-state index in [4.69, 9.17) is 61.1 Å². The number of fused-ring (bicyclic) bond motifs is 2. The number of carbonyl (C=O) groups is 7. The minimum Gasteiger partial charge on any atom is -0.508 e. The zero-order valence-corrected chi connectivity index (χ0v) is 43.5. The molecule has 3 aliphatic heterocycles. The Balaban J connectivity index is 2.16. The first-order valence-electron chi connectivity index (χ1n) is 36.7. The van der Waals surface area contributed by atoms with Gasteiger partial charge in [0.25, 0.3) is 1.43 Å². The topological polar surface area (TPSA) is 412 Å². The number of aliphatic hydroxyl groups is 7. The SMILES string of the molecule is [2H]Oc1ccc([C@H](O[2H])[C@@H](O[2H])[C@H]2C(=O)N([2H])[C@@H]([C@@H](CC([2H])([2H])N([2H])[2H])O[2H])C(=O)N3CC[C@H](O[2H])[C@H]3C(=O)N([2H])[C@H](N([2H])C([2H])([2H])C([2H])([2H])N([2H])[2H])[C@H](O[2H])C[C@H](N([2H])C(=O)CCCCCCCCC(C)CC(C)CC)C(=O)N([2H])[C@@H]([C@@H](C)O[2H])C(=O)N3C[C@H](O[2H])C[C@H]3C(=O)N2[2H])cc1. The van der Waals surface area contributed by atoms with Crippen molar-refractivity contribution in [3.05, 3.63) is 29.8 Å². The second kappa shape index (κ2) is 31.5. The lowest BCUT2D eigenvalue weighted by Gasteiger charge is -2.35. The number of aliphatic hydroxyl groups excluding tert-OH is 7. The van der Waals surface area contributed by atoms with Crippen molar-refractivity contribution >= 4 is 41.4 Å². The number of phenolic OH excluding ortho intramolecular Hbond substituents is 1. The lowest BCUT2D eigenvalue weighted by Crippen LogP contribution is -2.65. The van der Waals surface area contributed by atoms with Gasteiger partial charge in [-0.3, -0.25) is 38.9 Å². The highest BCUT2D eigenvalue weighted by molar-refractivity contribution is 5.98. The molecule has 16 atom stereocenters. The lowest BCUT2D eigenvalue weighted by atomic mass is 9.91. The molecular weight excluding hydrogens is 1000 g/mol. The molecule has 0 radical (unpaired) electrons. The summed E-state index contributed by atoms with van der Waals surface area (Å²) in [5, 5.41) is 35.7. The van der Waals surface area contributed by atoms with Crippen LogP contribution in [0.3, 0.4) is 0 Å². The number of carbonyl (C=O) groups excluding carboxylic acids is 7. The van der Waals surface area contributed by atoms with E-state index in [1.807, 2.05) is 0 Å². The summed E-state index contributed by atoms with van der Waals surface area (Å²) in [6, 6.07) is -12.1. The molecule has 0 saturated carbocycles. The van der Waals surface area contributed by atoms with E-state index in [1.165, 1.54) is 0 Å². The van der Waals surface area contributed by atoms with E-state index in [0.717, 1.165) is 69.7 Å². The Labute approximate surface area is 485 Å². The number of aromatic hydroxyl groups is 1. The Morgan fingerprint density at radius 1 is 0.792 bits per heavy atom. The normalized spacial score (nSPS) is 34.2. The predicted molar refractivity (Wildman–Crippen MR) is 280 cm³/mol. The van der Waals surface area contributed by atoms with Crippen LogP contribution in [0.1, 0.15) is 137 Å². The molecule has 3 saturated heterocycles. The smallest absolute Gasteiger partial charge is 0.293 e. The molecule has 436 valence electrons. The fourth-order valence-electron chi connectivity index (χ4n) is 9.45. The summed E-state index contributed by atoms with van der Waals surface area (Å²) in [5.41, 5.74) is -1.81. The third-order valence-corrected chi connectivity index (χ3v) is 13.9. The van der Waals surface area contributed by atoms with Crippen molar-refractivity contribution < 1.29 is 96.8 Å². The molecule has 1 aromatic rings. The molecule has 25 nitrogen and oxygen atoms in total. The summed E-state index contributed by atoms with van der Waals surface area (Å²) in [4.78, 5) is 108. The number of rotatable bonds is 33. The van der Waals surface area contributed by atoms with E-state index < -0.39 is 219 Å². The van der Waals surface area contributed by atoms with Gasteiger partial charge in [-0.2, -0.15) is 0 Å². The van der Waals surface area contributed by atoms with Crippen LogP contribution < -0.4 is 43.3 Å². The number of hydrogen-bond acceptors (Lipinski definition) is 18. The minimum absolute atomic E-state index is 0.0323. The van der Waals surface area contributed by atoms with Crippen LogP contribution in [0.5, 0.6) is 5.75 Å². The van der Waals surface area contributed by atoms with Crippen LogP contribution in [0.4, 0.5) is 0 Å². The van der Waals surface area contributed by atoms with Crippen LogP contribution >= 0.6 is 0 Å². The number of nitrogens with one attached hydrogen (secondary N) is 6. The average Bonchev–Trinajstić information content (AvgIpc) is 1.61. The van der Waals surface area contributed by atoms with Gasteiger partial charge in [-0.25, -0.2) is 0 Å². The third kappa shape index (κ3) is 18.8. The Morgan fingerprint density at radius 2 is 1.52 bits per heavy atom. The summed E-state index contributed by atoms with van der Waals surface area (Å²) >= 11 is 0. The van der Waals surface area contributed by atoms with Gasteiger partial charge in [0.05, 0.1) is 30.5 Å². The maximum atomic E-state index is 15.7. The third-order valence-electron chi connectivity index (χ3n) is 13.9. The first-order valence-corrected chi connectivity index (χ1v) is 25.9. The number of nitrogens with zero attached hydrogens (tertiary/aromatic N) is 2. The Kier molecular flexibility index (Phi) is 15.1. The first kappa shape index (κ1) is 37.0. The summed E-state index contributed by atoms with van der Waals surface area (Å²) in [6.45, 7) is -6.16. The van der Waals surface area contributed by atoms with Crippen molar-refractivity contribution in [2.24, 2.45) is 23.3 Å². The standard InChI is InChI=1S/C52H88N10O15/c1-5-28(2)24-29(3)12-10-8-6-7-9-11-13-39(69)56-34-26-38(68)46(55-22-21-54)60-50(75)43-37(67)19-23-61(43)52(77)41(36(66)18-20-53)58-49(74)42(45(71)44(70)31-14-16-32(64)17-15-31)59-48(73)35-25-33(65)27-62(35)51(76)40(30(4)63)57-47(34)72/h14-17,28-30,33-38,40-46,55,63-68,70-71H,5-13,18-27,53-54H2,1-4H3,(H,56,69)(H,57,72)(H,58,74)(H,59,73)(H,60,75)/t28?,29?,30-,33-,34+,35+,36-,37+,38-,40+,41+,42+,43+,44+,45+,46+/m1/s1/i20D2,21D2,22D2,63D,65D,66D,67D,68D,70D,71D/hD11. The highest BCUT2D eigenvalue weighted by Crippen LogP contribution is 2.27. The van der Waals surface area contributed by atoms with E-state index in [0.29, 0.717) is 29.6 Å². The van der Waals surface area contributed by atoms with Crippen molar-refractivity contribution in [2.45, 2.75) is 203 Å². The maximum Gasteiger partial charge on any atom is 0.293 e. The van der Waals surface area contributed by atoms with Crippen LogP contribution in [0.2, 0.25) is 14.1 Å². The number of benzene rings is 1. The van der Waals surface area contributed by atoms with E-state index >= 15 is 28.8 Å². The summed E-state index contributed by atoms with van der Waals surface area (Å²) < 4.78 is 203. The van der Waals surface area contributed by atoms with Gasteiger partial charge in [-0.15, -0.1) is 0 Å². The highest BCUT2D eigenvalue weighted by Gasteiger charge is 2.49. The lowest BCUT2D eigenvalue weighted by molar-refractivity contribution is -0.148. The molecule has 0 bridgehead atoms. The highest BCUT2D eigenvalue weighted by atomic mass is 16.3. The van der Waals surface area contributed by atoms with Crippen LogP contribution in [-0.4, -0.2) is 215 Å². The molecule has 2 unspecified atom stereocenters. The first-order chi connectivity index (χ1) is 47.3. The van der Waals surface area contributed by atoms with Gasteiger partial charge in [0.1, 0.15) is 67.4 Å². The molecule has 3 aliphatic rings. The van der Waals surface area contributed by atoms with Gasteiger partial charge in [0, 0.05) is 53.6 Å². The Morgan fingerprint density at radius 3 is 2.19 bits per heavy atom. The molecule has 77 heavy (non-hydrogen) atoms. The molecule has 1 aromatic carbocycles. The van der Waals surface area contributed by atoms with Crippen LogP contribution in [-0.2, 0) is 33.6 Å². The van der Waals surface area contributed by atoms with Gasteiger partial charge < -0.3 is 88.7 Å². The van der Waals surface area contributed by atoms with Crippen molar-refractivity contribution in [1.29, 1.82) is 11.4 Å². The minimum atomic E-state index is -4.22. The number of nitrogens with two attached hydrogens (primary N) is 2. The quantitative estimate of drug-likeness (QED) is 0.0306. The molecule has 3 heterocycles.